The van der Waals surface area contributed by atoms with Crippen molar-refractivity contribution < 1.29 is 9.59 Å². The Morgan fingerprint density at radius 2 is 2.06 bits per heavy atom. The van der Waals surface area contributed by atoms with Crippen LogP contribution >= 0.6 is 11.6 Å². The molecule has 1 rings (SSSR count). The highest BCUT2D eigenvalue weighted by Crippen LogP contribution is 2.02. The fourth-order valence-corrected chi connectivity index (χ4v) is 1.32. The number of nitrogens with one attached hydrogen (secondary N) is 1. The van der Waals surface area contributed by atoms with Gasteiger partial charge in [0, 0.05) is 14.1 Å². The molecule has 1 atom stereocenters. The van der Waals surface area contributed by atoms with Crippen molar-refractivity contribution >= 4 is 23.4 Å². The molecule has 0 aliphatic rings. The molecule has 0 aliphatic heterocycles. The zero-order valence-electron chi connectivity index (χ0n) is 9.77. The molecule has 0 aromatic carbocycles. The summed E-state index contributed by atoms with van der Waals surface area (Å²) in [6.07, 6.45) is 2.61. The van der Waals surface area contributed by atoms with Gasteiger partial charge in [-0.25, -0.2) is 4.98 Å². The monoisotopic (exact) mass is 256 g/mol. The minimum atomic E-state index is -0.627. The molecule has 0 radical (unpaired) electrons. The average molecular weight is 257 g/mol. The third kappa shape index (κ3) is 3.67. The first kappa shape index (κ1) is 13.4. The second-order valence-electron chi connectivity index (χ2n) is 3.65. The van der Waals surface area contributed by atoms with Gasteiger partial charge in [-0.3, -0.25) is 14.6 Å². The molecule has 0 bridgehead atoms. The lowest BCUT2D eigenvalue weighted by Crippen LogP contribution is -2.44. The van der Waals surface area contributed by atoms with Crippen LogP contribution in [0, 0.1) is 0 Å². The van der Waals surface area contributed by atoms with E-state index in [-0.39, 0.29) is 16.8 Å². The Labute approximate surface area is 104 Å². The maximum Gasteiger partial charge on any atom is 0.272 e. The first-order valence-corrected chi connectivity index (χ1v) is 5.29. The highest BCUT2D eigenvalue weighted by Gasteiger charge is 2.18. The summed E-state index contributed by atoms with van der Waals surface area (Å²) >= 11 is 5.61. The number of hydrogen-bond donors (Lipinski definition) is 1. The highest BCUT2D eigenvalue weighted by atomic mass is 35.5. The quantitative estimate of drug-likeness (QED) is 0.846. The Morgan fingerprint density at radius 1 is 1.41 bits per heavy atom. The SMILES string of the molecule is CC(NC(=O)c1cncc(Cl)n1)C(=O)N(C)C. The molecule has 0 saturated heterocycles. The zero-order chi connectivity index (χ0) is 13.0. The Balaban J connectivity index is 2.70. The highest BCUT2D eigenvalue weighted by molar-refractivity contribution is 6.29. The van der Waals surface area contributed by atoms with Crippen molar-refractivity contribution in [3.05, 3.63) is 23.2 Å². The van der Waals surface area contributed by atoms with Crippen LogP contribution in [-0.4, -0.2) is 46.8 Å². The Bertz CT molecular complexity index is 436. The van der Waals surface area contributed by atoms with E-state index in [0.717, 1.165) is 0 Å². The molecule has 7 heteroatoms. The largest absolute Gasteiger partial charge is 0.347 e. The summed E-state index contributed by atoms with van der Waals surface area (Å²) in [6.45, 7) is 1.60. The number of likely N-dealkylation sites (N-methyl/N-ethyl adjacent to an activating group) is 1. The van der Waals surface area contributed by atoms with Crippen molar-refractivity contribution in [2.45, 2.75) is 13.0 Å². The van der Waals surface area contributed by atoms with Crippen molar-refractivity contribution in [2.24, 2.45) is 0 Å². The van der Waals surface area contributed by atoms with Crippen LogP contribution in [0.2, 0.25) is 5.15 Å². The molecule has 0 fully saturated rings. The molecule has 92 valence electrons. The van der Waals surface area contributed by atoms with Gasteiger partial charge in [0.2, 0.25) is 5.91 Å². The number of carbonyl (C=O) groups is 2. The molecule has 17 heavy (non-hydrogen) atoms. The number of carbonyl (C=O) groups excluding carboxylic acids is 2. The van der Waals surface area contributed by atoms with E-state index in [4.69, 9.17) is 11.6 Å². The maximum absolute atomic E-state index is 11.7. The van der Waals surface area contributed by atoms with E-state index in [2.05, 4.69) is 15.3 Å². The first-order chi connectivity index (χ1) is 7.91. The number of rotatable bonds is 3. The van der Waals surface area contributed by atoms with Crippen LogP contribution in [-0.2, 0) is 4.79 Å². The summed E-state index contributed by atoms with van der Waals surface area (Å²) in [5.41, 5.74) is 0.0795. The van der Waals surface area contributed by atoms with Crippen molar-refractivity contribution in [2.75, 3.05) is 14.1 Å². The van der Waals surface area contributed by atoms with Gasteiger partial charge in [-0.05, 0) is 6.92 Å². The summed E-state index contributed by atoms with van der Waals surface area (Å²) in [5, 5.41) is 2.64. The fourth-order valence-electron chi connectivity index (χ4n) is 1.17. The van der Waals surface area contributed by atoms with E-state index < -0.39 is 11.9 Å². The number of hydrogen-bond acceptors (Lipinski definition) is 4. The molecule has 0 saturated carbocycles. The normalized spacial score (nSPS) is 11.8. The summed E-state index contributed by atoms with van der Waals surface area (Å²) in [5.74, 6) is -0.684. The first-order valence-electron chi connectivity index (χ1n) is 4.91. The minimum absolute atomic E-state index is 0.0795. The third-order valence-corrected chi connectivity index (χ3v) is 2.18. The van der Waals surface area contributed by atoms with Crippen LogP contribution in [0.25, 0.3) is 0 Å². The van der Waals surface area contributed by atoms with Crippen LogP contribution in [0.1, 0.15) is 17.4 Å². The lowest BCUT2D eigenvalue weighted by molar-refractivity contribution is -0.130. The minimum Gasteiger partial charge on any atom is -0.347 e. The average Bonchev–Trinajstić information content (AvgIpc) is 2.27. The molecule has 0 aliphatic carbocycles. The molecule has 1 aromatic heterocycles. The number of amides is 2. The number of halogens is 1. The van der Waals surface area contributed by atoms with E-state index >= 15 is 0 Å². The smallest absolute Gasteiger partial charge is 0.272 e. The maximum atomic E-state index is 11.7. The predicted molar refractivity (Wildman–Crippen MR) is 62.7 cm³/mol. The summed E-state index contributed by atoms with van der Waals surface area (Å²) in [6, 6.07) is -0.627. The summed E-state index contributed by atoms with van der Waals surface area (Å²) in [4.78, 5) is 32.2. The molecular weight excluding hydrogens is 244 g/mol. The van der Waals surface area contributed by atoms with Crippen LogP contribution in [0.4, 0.5) is 0 Å². The fraction of sp³-hybridized carbons (Fsp3) is 0.400. The second-order valence-corrected chi connectivity index (χ2v) is 4.04. The van der Waals surface area contributed by atoms with Crippen molar-refractivity contribution in [1.29, 1.82) is 0 Å². The second kappa shape index (κ2) is 5.58. The molecule has 0 spiro atoms. The summed E-state index contributed by atoms with van der Waals surface area (Å²) in [7, 11) is 3.23. The van der Waals surface area contributed by atoms with E-state index in [1.54, 1.807) is 21.0 Å². The molecule has 1 N–H and O–H groups in total. The van der Waals surface area contributed by atoms with Crippen LogP contribution in [0.5, 0.6) is 0 Å². The lowest BCUT2D eigenvalue weighted by Gasteiger charge is -2.17. The van der Waals surface area contributed by atoms with E-state index in [9.17, 15) is 9.59 Å². The molecule has 1 heterocycles. The van der Waals surface area contributed by atoms with E-state index in [1.165, 1.54) is 17.3 Å². The standard InChI is InChI=1S/C10H13ClN4O2/c1-6(10(17)15(2)3)13-9(16)7-4-12-5-8(11)14-7/h4-6H,1-3H3,(H,13,16). The zero-order valence-corrected chi connectivity index (χ0v) is 10.5. The number of aromatic nitrogens is 2. The predicted octanol–water partition coefficient (Wildman–Crippen LogP) is 0.337. The van der Waals surface area contributed by atoms with Crippen molar-refractivity contribution in [3.8, 4) is 0 Å². The van der Waals surface area contributed by atoms with Gasteiger partial charge in [0.15, 0.2) is 0 Å². The molecule has 1 unspecified atom stereocenters. The van der Waals surface area contributed by atoms with Crippen molar-refractivity contribution in [3.63, 3.8) is 0 Å². The van der Waals surface area contributed by atoms with Gasteiger partial charge >= 0.3 is 0 Å². The Morgan fingerprint density at radius 3 is 2.59 bits per heavy atom. The molecule has 1 aromatic rings. The van der Waals surface area contributed by atoms with Gasteiger partial charge in [0.25, 0.3) is 5.91 Å². The van der Waals surface area contributed by atoms with Gasteiger partial charge in [0.05, 0.1) is 12.4 Å². The van der Waals surface area contributed by atoms with E-state index in [0.29, 0.717) is 0 Å². The number of nitrogens with zero attached hydrogens (tertiary/aromatic N) is 3. The molecule has 6 nitrogen and oxygen atoms in total. The van der Waals surface area contributed by atoms with Gasteiger partial charge in [-0.1, -0.05) is 11.6 Å². The topological polar surface area (TPSA) is 75.2 Å². The van der Waals surface area contributed by atoms with Crippen LogP contribution < -0.4 is 5.32 Å². The van der Waals surface area contributed by atoms with Crippen LogP contribution in [0.3, 0.4) is 0 Å². The third-order valence-electron chi connectivity index (χ3n) is 2.00. The van der Waals surface area contributed by atoms with Gasteiger partial charge in [-0.15, -0.1) is 0 Å². The Hall–Kier alpha value is -1.69. The molecular formula is C10H13ClN4O2. The van der Waals surface area contributed by atoms with Gasteiger partial charge in [0.1, 0.15) is 16.9 Å². The van der Waals surface area contributed by atoms with Gasteiger partial charge in [-0.2, -0.15) is 0 Å². The van der Waals surface area contributed by atoms with Crippen LogP contribution in [0.15, 0.2) is 12.4 Å². The van der Waals surface area contributed by atoms with Gasteiger partial charge < -0.3 is 10.2 Å². The van der Waals surface area contributed by atoms with Crippen molar-refractivity contribution in [1.82, 2.24) is 20.2 Å². The Kier molecular flexibility index (Phi) is 4.39. The van der Waals surface area contributed by atoms with E-state index in [1.807, 2.05) is 0 Å². The molecule has 2 amide bonds. The lowest BCUT2D eigenvalue weighted by atomic mass is 10.3. The summed E-state index contributed by atoms with van der Waals surface area (Å²) < 4.78 is 0.